The van der Waals surface area contributed by atoms with Gasteiger partial charge in [0.2, 0.25) is 0 Å². The number of carboxylic acids is 2. The van der Waals surface area contributed by atoms with Crippen LogP contribution in [0.15, 0.2) is 42.5 Å². The lowest BCUT2D eigenvalue weighted by Gasteiger charge is -2.24. The van der Waals surface area contributed by atoms with E-state index in [1.807, 2.05) is 51.1 Å². The van der Waals surface area contributed by atoms with E-state index in [1.165, 1.54) is 17.7 Å². The van der Waals surface area contributed by atoms with Crippen LogP contribution in [0.5, 0.6) is 11.5 Å². The zero-order valence-electron chi connectivity index (χ0n) is 19.2. The normalized spacial score (nSPS) is 12.7. The van der Waals surface area contributed by atoms with Gasteiger partial charge in [0.25, 0.3) is 0 Å². The van der Waals surface area contributed by atoms with Crippen LogP contribution < -0.4 is 15.2 Å². The summed E-state index contributed by atoms with van der Waals surface area (Å²) in [7, 11) is 0. The highest BCUT2D eigenvalue weighted by Crippen LogP contribution is 2.39. The van der Waals surface area contributed by atoms with Gasteiger partial charge < -0.3 is 14.9 Å². The maximum atomic E-state index is 12.2. The largest absolute Gasteiger partial charge is 0.478 e. The molecule has 1 aliphatic rings. The summed E-state index contributed by atoms with van der Waals surface area (Å²) in [5, 5.41) is 21.2. The van der Waals surface area contributed by atoms with Crippen molar-refractivity contribution in [3.8, 4) is 11.5 Å². The number of ether oxygens (including phenoxy) is 1. The first kappa shape index (κ1) is 22.3. The predicted molar refractivity (Wildman–Crippen MR) is 128 cm³/mol. The monoisotopic (exact) mass is 442 g/mol. The van der Waals surface area contributed by atoms with Gasteiger partial charge >= 0.3 is 11.9 Å². The van der Waals surface area contributed by atoms with Crippen molar-refractivity contribution in [3.05, 3.63) is 91.8 Å². The maximum absolute atomic E-state index is 12.2. The van der Waals surface area contributed by atoms with Crippen molar-refractivity contribution in [2.45, 2.75) is 40.5 Å². The number of aryl methyl sites for hydroxylation is 3. The lowest BCUT2D eigenvalue weighted by molar-refractivity contribution is 0.0695. The summed E-state index contributed by atoms with van der Waals surface area (Å²) >= 11 is 0. The van der Waals surface area contributed by atoms with E-state index in [9.17, 15) is 19.8 Å². The quantitative estimate of drug-likeness (QED) is 0.464. The minimum Gasteiger partial charge on any atom is -0.478 e. The van der Waals surface area contributed by atoms with E-state index in [-0.39, 0.29) is 11.1 Å². The Hall–Kier alpha value is -3.86. The molecule has 0 aromatic heterocycles. The van der Waals surface area contributed by atoms with Crippen LogP contribution in [-0.4, -0.2) is 22.2 Å². The first-order chi connectivity index (χ1) is 15.7. The second kappa shape index (κ2) is 8.58. The minimum absolute atomic E-state index is 0.0530. The van der Waals surface area contributed by atoms with Gasteiger partial charge in [-0.3, -0.25) is 0 Å². The van der Waals surface area contributed by atoms with Crippen molar-refractivity contribution in [2.75, 3.05) is 0 Å². The number of fused-ring (bicyclic) bond motifs is 2. The molecule has 0 amide bonds. The highest BCUT2D eigenvalue weighted by molar-refractivity contribution is 6.01. The number of benzene rings is 3. The van der Waals surface area contributed by atoms with Gasteiger partial charge in [-0.15, -0.1) is 0 Å². The van der Waals surface area contributed by atoms with Gasteiger partial charge in [0.15, 0.2) is 0 Å². The Kier molecular flexibility index (Phi) is 5.81. The van der Waals surface area contributed by atoms with Gasteiger partial charge in [-0.05, 0) is 91.1 Å². The van der Waals surface area contributed by atoms with Gasteiger partial charge in [0.05, 0.1) is 11.1 Å². The molecule has 0 unspecified atom stereocenters. The van der Waals surface area contributed by atoms with Crippen molar-refractivity contribution in [3.63, 3.8) is 0 Å². The van der Waals surface area contributed by atoms with Crippen LogP contribution >= 0.6 is 0 Å². The summed E-state index contributed by atoms with van der Waals surface area (Å²) in [4.78, 5) is 23.7. The Labute approximate surface area is 192 Å². The average Bonchev–Trinajstić information content (AvgIpc) is 2.78. The summed E-state index contributed by atoms with van der Waals surface area (Å²) < 4.78 is 6.35. The molecule has 5 heteroatoms. The average molecular weight is 443 g/mol. The number of carboxylic acid groups (broad SMARTS) is 2. The van der Waals surface area contributed by atoms with E-state index < -0.39 is 11.9 Å². The molecule has 0 bridgehead atoms. The molecule has 0 fully saturated rings. The highest BCUT2D eigenvalue weighted by Gasteiger charge is 2.26. The number of hydrogen-bond acceptors (Lipinski definition) is 3. The molecular formula is C28H26O5. The van der Waals surface area contributed by atoms with Crippen molar-refractivity contribution in [1.29, 1.82) is 0 Å². The van der Waals surface area contributed by atoms with Crippen LogP contribution in [0.25, 0.3) is 11.6 Å². The van der Waals surface area contributed by atoms with E-state index in [2.05, 4.69) is 6.92 Å². The first-order valence-electron chi connectivity index (χ1n) is 11.0. The van der Waals surface area contributed by atoms with E-state index in [1.54, 1.807) is 6.07 Å². The maximum Gasteiger partial charge on any atom is 0.336 e. The molecule has 4 rings (SSSR count). The fourth-order valence-electron chi connectivity index (χ4n) is 4.47. The molecule has 0 atom stereocenters. The number of hydrogen-bond donors (Lipinski definition) is 2. The van der Waals surface area contributed by atoms with Gasteiger partial charge in [0, 0.05) is 16.4 Å². The Morgan fingerprint density at radius 3 is 2.30 bits per heavy atom. The summed E-state index contributed by atoms with van der Waals surface area (Å²) in [6.45, 7) is 8.14. The molecule has 1 heterocycles. The number of carbonyl (C=O) groups is 2. The second-order valence-electron chi connectivity index (χ2n) is 8.37. The molecule has 0 spiro atoms. The fraction of sp³-hybridized carbons (Fsp3) is 0.214. The number of aromatic carboxylic acids is 2. The third-order valence-electron chi connectivity index (χ3n) is 6.16. The molecule has 0 radical (unpaired) electrons. The number of rotatable bonds is 5. The van der Waals surface area contributed by atoms with Crippen LogP contribution in [0.1, 0.15) is 68.8 Å². The van der Waals surface area contributed by atoms with E-state index in [4.69, 9.17) is 4.74 Å². The van der Waals surface area contributed by atoms with Crippen molar-refractivity contribution in [1.82, 2.24) is 0 Å². The fourth-order valence-corrected chi connectivity index (χ4v) is 4.47. The van der Waals surface area contributed by atoms with Crippen molar-refractivity contribution < 1.29 is 24.5 Å². The van der Waals surface area contributed by atoms with Gasteiger partial charge in [-0.2, -0.15) is 0 Å². The molecule has 0 saturated heterocycles. The molecule has 2 N–H and O–H groups in total. The Bertz CT molecular complexity index is 1430. The predicted octanol–water partition coefficient (Wildman–Crippen LogP) is 4.81. The second-order valence-corrected chi connectivity index (χ2v) is 8.37. The molecular weight excluding hydrogens is 416 g/mol. The summed E-state index contributed by atoms with van der Waals surface area (Å²) in [6, 6.07) is 12.3. The molecule has 0 saturated carbocycles. The molecule has 33 heavy (non-hydrogen) atoms. The van der Waals surface area contributed by atoms with Crippen molar-refractivity contribution >= 4 is 23.6 Å². The van der Waals surface area contributed by atoms with E-state index >= 15 is 0 Å². The summed E-state index contributed by atoms with van der Waals surface area (Å²) in [5.41, 5.74) is 5.22. The molecule has 0 aliphatic carbocycles. The standard InChI is InChI=1S/C28H26O5/c1-5-7-18-14-25-23(11-16(18)4)26(22-10-15(3)17(6-2)13-24(22)33-25)20-9-8-19(27(29)30)12-21(20)28(31)32/h6,8-14H,5,7H2,1-4H3,(H,29,30)(H,31,32)/b17-6-. The van der Waals surface area contributed by atoms with Gasteiger partial charge in [-0.25, -0.2) is 9.59 Å². The van der Waals surface area contributed by atoms with Crippen LogP contribution in [0.3, 0.4) is 0 Å². The lowest BCUT2D eigenvalue weighted by Crippen LogP contribution is -2.23. The SMILES string of the molecule is C/C=c1/cc2c(cc1C)=C(c1ccc(C(=O)O)cc1C(=O)O)c1cc(C)c(CCC)cc1O2. The summed E-state index contributed by atoms with van der Waals surface area (Å²) in [5.74, 6) is -1.01. The molecule has 1 aliphatic heterocycles. The molecule has 3 aromatic rings. The molecule has 5 nitrogen and oxygen atoms in total. The van der Waals surface area contributed by atoms with E-state index in [0.29, 0.717) is 17.1 Å². The van der Waals surface area contributed by atoms with Crippen LogP contribution in [0, 0.1) is 13.8 Å². The third-order valence-corrected chi connectivity index (χ3v) is 6.16. The van der Waals surface area contributed by atoms with Crippen LogP contribution in [0.4, 0.5) is 0 Å². The van der Waals surface area contributed by atoms with Gasteiger partial charge in [-0.1, -0.05) is 25.5 Å². The topological polar surface area (TPSA) is 83.8 Å². The van der Waals surface area contributed by atoms with E-state index in [0.717, 1.165) is 45.5 Å². The van der Waals surface area contributed by atoms with Crippen molar-refractivity contribution in [2.24, 2.45) is 0 Å². The first-order valence-corrected chi connectivity index (χ1v) is 11.0. The molecule has 3 aromatic carbocycles. The Balaban J connectivity index is 2.15. The van der Waals surface area contributed by atoms with Gasteiger partial charge in [0.1, 0.15) is 11.5 Å². The smallest absolute Gasteiger partial charge is 0.336 e. The third kappa shape index (κ3) is 3.91. The summed E-state index contributed by atoms with van der Waals surface area (Å²) in [6.07, 6.45) is 3.93. The minimum atomic E-state index is -1.18. The van der Waals surface area contributed by atoms with Crippen LogP contribution in [0.2, 0.25) is 0 Å². The zero-order chi connectivity index (χ0) is 23.9. The van der Waals surface area contributed by atoms with Crippen LogP contribution in [-0.2, 0) is 6.42 Å². The lowest BCUT2D eigenvalue weighted by atomic mass is 9.86. The highest BCUT2D eigenvalue weighted by atomic mass is 16.5. The zero-order valence-corrected chi connectivity index (χ0v) is 19.2. The molecule has 168 valence electrons. The Morgan fingerprint density at radius 1 is 0.909 bits per heavy atom. The Morgan fingerprint density at radius 2 is 1.67 bits per heavy atom.